The van der Waals surface area contributed by atoms with Gasteiger partial charge >= 0.3 is 0 Å². The summed E-state index contributed by atoms with van der Waals surface area (Å²) in [6.07, 6.45) is 3.31. The molecule has 1 heterocycles. The molecule has 0 amide bonds. The summed E-state index contributed by atoms with van der Waals surface area (Å²) in [5.74, 6) is 0.827. The average Bonchev–Trinajstić information content (AvgIpc) is 2.93. The molecule has 0 spiro atoms. The van der Waals surface area contributed by atoms with Crippen LogP contribution in [0.25, 0.3) is 0 Å². The summed E-state index contributed by atoms with van der Waals surface area (Å²) in [5, 5.41) is 19.1. The minimum absolute atomic E-state index is 0.0135. The van der Waals surface area contributed by atoms with Gasteiger partial charge in [-0.15, -0.1) is 0 Å². The molecule has 1 saturated heterocycles. The number of hydrogen-bond donors (Lipinski definition) is 2. The zero-order valence-electron chi connectivity index (χ0n) is 13.8. The van der Waals surface area contributed by atoms with E-state index in [1.165, 1.54) is 0 Å². The van der Waals surface area contributed by atoms with Gasteiger partial charge in [-0.3, -0.25) is 4.90 Å². The quantitative estimate of drug-likeness (QED) is 0.833. The van der Waals surface area contributed by atoms with Gasteiger partial charge in [-0.2, -0.15) is 0 Å². The van der Waals surface area contributed by atoms with Crippen molar-refractivity contribution in [2.24, 2.45) is 0 Å². The molecule has 3 atom stereocenters. The molecule has 0 unspecified atom stereocenters. The fourth-order valence-corrected chi connectivity index (χ4v) is 4.11. The van der Waals surface area contributed by atoms with E-state index in [-0.39, 0.29) is 24.4 Å². The normalized spacial score (nSPS) is 31.1. The Morgan fingerprint density at radius 1 is 1.30 bits per heavy atom. The Hall–Kier alpha value is -1.14. The van der Waals surface area contributed by atoms with E-state index in [4.69, 9.17) is 14.6 Å². The van der Waals surface area contributed by atoms with Gasteiger partial charge in [0.15, 0.2) is 0 Å². The van der Waals surface area contributed by atoms with Crippen LogP contribution in [-0.2, 0) is 11.3 Å². The third kappa shape index (κ3) is 3.38. The standard InChI is InChI=1S/C18H27NO4/c1-22-18-7-6-15(21)12-17(18)19(9-8-18)13-14-4-2-3-5-16(14)23-11-10-20/h2-5,15,17,20-21H,6-13H2,1H3/t15-,17-,18+/m1/s1. The first kappa shape index (κ1) is 16.7. The first-order valence-electron chi connectivity index (χ1n) is 8.47. The molecule has 1 saturated carbocycles. The number of nitrogens with zero attached hydrogens (tertiary/aromatic N) is 1. The third-order valence-electron chi connectivity index (χ3n) is 5.37. The number of rotatable bonds is 6. The lowest BCUT2D eigenvalue weighted by atomic mass is 9.79. The smallest absolute Gasteiger partial charge is 0.123 e. The number of aliphatic hydroxyl groups excluding tert-OH is 2. The predicted octanol–water partition coefficient (Wildman–Crippen LogP) is 1.56. The summed E-state index contributed by atoms with van der Waals surface area (Å²) < 4.78 is 11.5. The lowest BCUT2D eigenvalue weighted by Gasteiger charge is -2.42. The van der Waals surface area contributed by atoms with Crippen LogP contribution in [0, 0.1) is 0 Å². The van der Waals surface area contributed by atoms with Crippen molar-refractivity contribution >= 4 is 0 Å². The number of para-hydroxylation sites is 1. The number of fused-ring (bicyclic) bond motifs is 1. The van der Waals surface area contributed by atoms with Gasteiger partial charge in [0.2, 0.25) is 0 Å². The Morgan fingerprint density at radius 2 is 2.13 bits per heavy atom. The Kier molecular flexibility index (Phi) is 5.21. The Balaban J connectivity index is 1.75. The van der Waals surface area contributed by atoms with Crippen LogP contribution in [0.2, 0.25) is 0 Å². The number of benzene rings is 1. The van der Waals surface area contributed by atoms with E-state index in [9.17, 15) is 5.11 Å². The average molecular weight is 321 g/mol. The van der Waals surface area contributed by atoms with E-state index >= 15 is 0 Å². The minimum Gasteiger partial charge on any atom is -0.491 e. The molecular weight excluding hydrogens is 294 g/mol. The second kappa shape index (κ2) is 7.18. The summed E-state index contributed by atoms with van der Waals surface area (Å²) in [6, 6.07) is 8.22. The first-order valence-corrected chi connectivity index (χ1v) is 8.47. The van der Waals surface area contributed by atoms with Crippen molar-refractivity contribution in [2.75, 3.05) is 26.9 Å². The van der Waals surface area contributed by atoms with Crippen LogP contribution >= 0.6 is 0 Å². The highest BCUT2D eigenvalue weighted by molar-refractivity contribution is 5.33. The van der Waals surface area contributed by atoms with Crippen LogP contribution < -0.4 is 4.74 Å². The maximum atomic E-state index is 10.1. The van der Waals surface area contributed by atoms with Crippen LogP contribution in [0.4, 0.5) is 0 Å². The van der Waals surface area contributed by atoms with E-state index < -0.39 is 0 Å². The first-order chi connectivity index (χ1) is 11.2. The Bertz CT molecular complexity index is 523. The minimum atomic E-state index is -0.232. The highest BCUT2D eigenvalue weighted by Gasteiger charge is 2.50. The number of aliphatic hydroxyl groups is 2. The molecule has 1 aliphatic heterocycles. The second-order valence-corrected chi connectivity index (χ2v) is 6.61. The van der Waals surface area contributed by atoms with E-state index in [2.05, 4.69) is 11.0 Å². The molecule has 3 rings (SSSR count). The summed E-state index contributed by atoms with van der Waals surface area (Å²) in [7, 11) is 1.80. The zero-order chi connectivity index (χ0) is 16.3. The third-order valence-corrected chi connectivity index (χ3v) is 5.37. The van der Waals surface area contributed by atoms with Crippen molar-refractivity contribution in [3.63, 3.8) is 0 Å². The van der Waals surface area contributed by atoms with Crippen molar-refractivity contribution in [3.05, 3.63) is 29.8 Å². The van der Waals surface area contributed by atoms with Gasteiger partial charge in [-0.1, -0.05) is 18.2 Å². The molecule has 2 aliphatic rings. The van der Waals surface area contributed by atoms with E-state index in [1.54, 1.807) is 7.11 Å². The maximum absolute atomic E-state index is 10.1. The molecule has 23 heavy (non-hydrogen) atoms. The van der Waals surface area contributed by atoms with Crippen molar-refractivity contribution < 1.29 is 19.7 Å². The second-order valence-electron chi connectivity index (χ2n) is 6.61. The van der Waals surface area contributed by atoms with Gasteiger partial charge < -0.3 is 19.7 Å². The number of ether oxygens (including phenoxy) is 2. The molecule has 0 aromatic heterocycles. The largest absolute Gasteiger partial charge is 0.491 e. The van der Waals surface area contributed by atoms with Crippen LogP contribution in [0.3, 0.4) is 0 Å². The maximum Gasteiger partial charge on any atom is 0.123 e. The van der Waals surface area contributed by atoms with Crippen molar-refractivity contribution in [1.29, 1.82) is 0 Å². The Labute approximate surface area is 137 Å². The fraction of sp³-hybridized carbons (Fsp3) is 0.667. The molecule has 5 heteroatoms. The molecule has 1 aromatic rings. The van der Waals surface area contributed by atoms with Gasteiger partial charge in [0, 0.05) is 31.8 Å². The number of likely N-dealkylation sites (tertiary alicyclic amines) is 1. The summed E-state index contributed by atoms with van der Waals surface area (Å²) in [6.45, 7) is 2.07. The lowest BCUT2D eigenvalue weighted by Crippen LogP contribution is -2.51. The molecule has 0 radical (unpaired) electrons. The van der Waals surface area contributed by atoms with E-state index in [0.29, 0.717) is 6.61 Å². The van der Waals surface area contributed by atoms with Crippen molar-refractivity contribution in [3.8, 4) is 5.75 Å². The van der Waals surface area contributed by atoms with Crippen LogP contribution in [0.5, 0.6) is 5.75 Å². The van der Waals surface area contributed by atoms with E-state index in [1.807, 2.05) is 18.2 Å². The van der Waals surface area contributed by atoms with Crippen LogP contribution in [0.15, 0.2) is 24.3 Å². The Morgan fingerprint density at radius 3 is 2.91 bits per heavy atom. The summed E-state index contributed by atoms with van der Waals surface area (Å²) in [4.78, 5) is 2.41. The molecule has 5 nitrogen and oxygen atoms in total. The zero-order valence-corrected chi connectivity index (χ0v) is 13.8. The summed E-state index contributed by atoms with van der Waals surface area (Å²) >= 11 is 0. The molecule has 1 aliphatic carbocycles. The number of methoxy groups -OCH3 is 1. The predicted molar refractivity (Wildman–Crippen MR) is 87.4 cm³/mol. The topological polar surface area (TPSA) is 62.2 Å². The van der Waals surface area contributed by atoms with Gasteiger partial charge in [-0.25, -0.2) is 0 Å². The van der Waals surface area contributed by atoms with Crippen LogP contribution in [-0.4, -0.2) is 59.7 Å². The van der Waals surface area contributed by atoms with Gasteiger partial charge in [0.25, 0.3) is 0 Å². The van der Waals surface area contributed by atoms with Crippen molar-refractivity contribution in [2.45, 2.75) is 50.0 Å². The SMILES string of the molecule is CO[C@]12CC[C@@H](O)C[C@H]1N(Cc1ccccc1OCCO)CC2. The fourth-order valence-electron chi connectivity index (χ4n) is 4.11. The highest BCUT2D eigenvalue weighted by Crippen LogP contribution is 2.43. The van der Waals surface area contributed by atoms with E-state index in [0.717, 1.165) is 50.1 Å². The number of hydrogen-bond acceptors (Lipinski definition) is 5. The van der Waals surface area contributed by atoms with Gasteiger partial charge in [0.05, 0.1) is 18.3 Å². The molecule has 2 fully saturated rings. The van der Waals surface area contributed by atoms with Crippen LogP contribution in [0.1, 0.15) is 31.2 Å². The molecule has 2 N–H and O–H groups in total. The van der Waals surface area contributed by atoms with Gasteiger partial charge in [0.1, 0.15) is 12.4 Å². The van der Waals surface area contributed by atoms with Crippen molar-refractivity contribution in [1.82, 2.24) is 4.90 Å². The molecule has 1 aromatic carbocycles. The molecule has 128 valence electrons. The highest BCUT2D eigenvalue weighted by atomic mass is 16.5. The van der Waals surface area contributed by atoms with Gasteiger partial charge in [-0.05, 0) is 31.7 Å². The monoisotopic (exact) mass is 321 g/mol. The molecular formula is C18H27NO4. The molecule has 0 bridgehead atoms. The lowest BCUT2D eigenvalue weighted by molar-refractivity contribution is -0.0880. The summed E-state index contributed by atoms with van der Waals surface area (Å²) in [5.41, 5.74) is 1.01.